The first-order chi connectivity index (χ1) is 24.0. The number of ether oxygens (including phenoxy) is 2. The fourth-order valence-corrected chi connectivity index (χ4v) is 6.42. The number of aromatic nitrogens is 4. The Kier molecular flexibility index (Phi) is 14.8. The van der Waals surface area contributed by atoms with Crippen molar-refractivity contribution in [1.82, 2.24) is 40.4 Å². The van der Waals surface area contributed by atoms with Gasteiger partial charge in [-0.1, -0.05) is 33.6 Å². The van der Waals surface area contributed by atoms with Gasteiger partial charge in [-0.2, -0.15) is 0 Å². The van der Waals surface area contributed by atoms with Gasteiger partial charge in [0.05, 0.1) is 43.5 Å². The number of carbonyl (C=O) groups excluding carboxylic acids is 4. The van der Waals surface area contributed by atoms with Gasteiger partial charge in [0.15, 0.2) is 0 Å². The van der Waals surface area contributed by atoms with E-state index in [1.165, 1.54) is 14.2 Å². The van der Waals surface area contributed by atoms with E-state index >= 15 is 0 Å². The van der Waals surface area contributed by atoms with E-state index in [4.69, 9.17) is 14.5 Å². The molecule has 0 spiro atoms. The molecular weight excluding hydrogens is 711 g/mol. The molecule has 3 aromatic rings. The molecule has 0 saturated carbocycles. The number of nitrogens with zero attached hydrogens (tertiary/aromatic N) is 4. The summed E-state index contributed by atoms with van der Waals surface area (Å²) in [6.07, 6.45) is 3.49. The third-order valence-corrected chi connectivity index (χ3v) is 9.05. The van der Waals surface area contributed by atoms with Gasteiger partial charge in [-0.15, -0.1) is 24.8 Å². The molecule has 0 bridgehead atoms. The van der Waals surface area contributed by atoms with Crippen molar-refractivity contribution in [3.8, 4) is 23.7 Å². The second-order valence-corrected chi connectivity index (χ2v) is 13.1. The summed E-state index contributed by atoms with van der Waals surface area (Å²) in [5.41, 5.74) is 2.87. The first-order valence-corrected chi connectivity index (χ1v) is 16.9. The van der Waals surface area contributed by atoms with Gasteiger partial charge < -0.3 is 39.9 Å². The first kappa shape index (κ1) is 41.5. The highest BCUT2D eigenvalue weighted by atomic mass is 35.5. The summed E-state index contributed by atoms with van der Waals surface area (Å²) < 4.78 is 9.44. The number of hydrogen-bond acceptors (Lipinski definition) is 8. The average Bonchev–Trinajstić information content (AvgIpc) is 3.92. The van der Waals surface area contributed by atoms with E-state index in [-0.39, 0.29) is 60.5 Å². The number of aromatic amines is 2. The Morgan fingerprint density at radius 1 is 0.808 bits per heavy atom. The van der Waals surface area contributed by atoms with Gasteiger partial charge in [-0.3, -0.25) is 9.59 Å². The number of carbonyl (C=O) groups is 4. The Labute approximate surface area is 315 Å². The van der Waals surface area contributed by atoms with E-state index in [9.17, 15) is 19.2 Å². The minimum Gasteiger partial charge on any atom is -0.453 e. The summed E-state index contributed by atoms with van der Waals surface area (Å²) in [7, 11) is 2.55. The lowest BCUT2D eigenvalue weighted by molar-refractivity contribution is -0.136. The zero-order valence-corrected chi connectivity index (χ0v) is 31.7. The van der Waals surface area contributed by atoms with Crippen LogP contribution in [0.3, 0.4) is 0 Å². The molecule has 2 aliphatic rings. The van der Waals surface area contributed by atoms with Crippen LogP contribution in [0.5, 0.6) is 0 Å². The number of likely N-dealkylation sites (tertiary alicyclic amines) is 2. The maximum Gasteiger partial charge on any atom is 0.407 e. The molecule has 280 valence electrons. The highest BCUT2D eigenvalue weighted by molar-refractivity contribution is 5.87. The molecule has 14 nitrogen and oxygen atoms in total. The van der Waals surface area contributed by atoms with Gasteiger partial charge in [-0.25, -0.2) is 19.6 Å². The van der Waals surface area contributed by atoms with Crippen LogP contribution in [0.15, 0.2) is 24.4 Å². The van der Waals surface area contributed by atoms with Crippen molar-refractivity contribution in [2.24, 2.45) is 11.8 Å². The molecule has 2 fully saturated rings. The van der Waals surface area contributed by atoms with Crippen molar-refractivity contribution >= 4 is 59.8 Å². The molecule has 0 radical (unpaired) electrons. The summed E-state index contributed by atoms with van der Waals surface area (Å²) in [5, 5.41) is 5.33. The molecule has 2 aromatic heterocycles. The molecular formula is C36H46Cl2N8O6. The Morgan fingerprint density at radius 2 is 1.35 bits per heavy atom. The van der Waals surface area contributed by atoms with Crippen molar-refractivity contribution in [1.29, 1.82) is 0 Å². The number of rotatable bonds is 8. The van der Waals surface area contributed by atoms with Crippen LogP contribution in [-0.2, 0) is 19.1 Å². The van der Waals surface area contributed by atoms with E-state index in [0.29, 0.717) is 30.4 Å². The topological polar surface area (TPSA) is 175 Å². The number of fused-ring (bicyclic) bond motifs is 1. The normalized spacial score (nSPS) is 17.5. The largest absolute Gasteiger partial charge is 0.453 e. The molecule has 2 saturated heterocycles. The Hall–Kier alpha value is -4.92. The number of H-pyrrole nitrogens is 2. The molecule has 4 N–H and O–H groups in total. The van der Waals surface area contributed by atoms with Crippen LogP contribution in [0.2, 0.25) is 0 Å². The van der Waals surface area contributed by atoms with Crippen molar-refractivity contribution in [2.75, 3.05) is 27.3 Å². The lowest BCUT2D eigenvalue weighted by atomic mass is 10.0. The Bertz CT molecular complexity index is 1870. The van der Waals surface area contributed by atoms with E-state index in [1.54, 1.807) is 16.0 Å². The van der Waals surface area contributed by atoms with Crippen molar-refractivity contribution in [3.63, 3.8) is 0 Å². The maximum absolute atomic E-state index is 13.5. The van der Waals surface area contributed by atoms with Crippen LogP contribution in [0, 0.1) is 35.5 Å². The number of hydrogen-bond donors (Lipinski definition) is 4. The minimum atomic E-state index is -0.707. The van der Waals surface area contributed by atoms with Crippen molar-refractivity contribution in [2.45, 2.75) is 77.5 Å². The van der Waals surface area contributed by atoms with Gasteiger partial charge >= 0.3 is 12.2 Å². The lowest BCUT2D eigenvalue weighted by Crippen LogP contribution is -2.51. The van der Waals surface area contributed by atoms with Gasteiger partial charge in [0.2, 0.25) is 11.8 Å². The second-order valence-electron chi connectivity index (χ2n) is 13.1. The second kappa shape index (κ2) is 18.5. The lowest BCUT2D eigenvalue weighted by Gasteiger charge is -2.29. The summed E-state index contributed by atoms with van der Waals surface area (Å²) in [5.74, 6) is 12.6. The number of methoxy groups -OCH3 is 2. The zero-order chi connectivity index (χ0) is 35.9. The first-order valence-electron chi connectivity index (χ1n) is 16.9. The predicted octanol–water partition coefficient (Wildman–Crippen LogP) is 4.62. The molecule has 16 heteroatoms. The molecule has 0 aliphatic carbocycles. The van der Waals surface area contributed by atoms with Crippen LogP contribution in [0.25, 0.3) is 11.0 Å². The SMILES string of the molecule is COC(=O)N[C@H](C(=O)N1CCC[C@H]1c1ncc(C#CC#Cc2ccc3nc([C@@H]4CCCN4C(=O)[C@@H](NC(=O)OC)C(C)C)[nH]c3c2)[nH]1)C(C)C.Cl.Cl. The van der Waals surface area contributed by atoms with E-state index in [1.807, 2.05) is 45.9 Å². The molecule has 1 aromatic carbocycles. The molecule has 4 atom stereocenters. The minimum absolute atomic E-state index is 0. The number of halogens is 2. The zero-order valence-electron chi connectivity index (χ0n) is 30.1. The van der Waals surface area contributed by atoms with Crippen LogP contribution in [0.4, 0.5) is 9.59 Å². The molecule has 2 aliphatic heterocycles. The smallest absolute Gasteiger partial charge is 0.407 e. The summed E-state index contributed by atoms with van der Waals surface area (Å²) in [6, 6.07) is 3.75. The Balaban J connectivity index is 0.00000364. The number of benzene rings is 1. The van der Waals surface area contributed by atoms with E-state index in [2.05, 4.69) is 49.3 Å². The molecule has 52 heavy (non-hydrogen) atoms. The van der Waals surface area contributed by atoms with E-state index < -0.39 is 24.3 Å². The summed E-state index contributed by atoms with van der Waals surface area (Å²) in [6.45, 7) is 8.66. The van der Waals surface area contributed by atoms with Crippen molar-refractivity contribution in [3.05, 3.63) is 47.3 Å². The molecule has 5 rings (SSSR count). The Morgan fingerprint density at radius 3 is 1.88 bits per heavy atom. The van der Waals surface area contributed by atoms with Gasteiger partial charge in [0.25, 0.3) is 0 Å². The molecule has 0 unspecified atom stereocenters. The number of imidazole rings is 2. The van der Waals surface area contributed by atoms with Crippen LogP contribution in [0.1, 0.15) is 88.4 Å². The maximum atomic E-state index is 13.5. The van der Waals surface area contributed by atoms with Gasteiger partial charge in [0.1, 0.15) is 29.4 Å². The quantitative estimate of drug-likeness (QED) is 0.241. The standard InChI is InChI=1S/C36H44N8O6.2ClH/c1-21(2)29(41-35(47)49-5)33(45)43-17-9-13-27(43)31-37-20-24(38-31)12-8-7-11-23-15-16-25-26(19-23)40-32(39-25)28-14-10-18-44(28)34(46)30(22(3)4)42-36(48)50-6;;/h15-16,19-22,27-30H,9-10,13-14,17-18H2,1-6H3,(H,37,38)(H,39,40)(H,41,47)(H,42,48);2*1H/t27-,28-,29-,30-;;/m0../s1. The van der Waals surface area contributed by atoms with Crippen molar-refractivity contribution < 1.29 is 28.7 Å². The van der Waals surface area contributed by atoms with Crippen LogP contribution < -0.4 is 10.6 Å². The highest BCUT2D eigenvalue weighted by Crippen LogP contribution is 2.33. The van der Waals surface area contributed by atoms with E-state index in [0.717, 1.165) is 42.3 Å². The van der Waals surface area contributed by atoms with Crippen LogP contribution >= 0.6 is 24.8 Å². The van der Waals surface area contributed by atoms with Gasteiger partial charge in [0, 0.05) is 18.7 Å². The third-order valence-electron chi connectivity index (χ3n) is 9.05. The number of alkyl carbamates (subject to hydrolysis) is 2. The predicted molar refractivity (Wildman–Crippen MR) is 199 cm³/mol. The average molecular weight is 758 g/mol. The van der Waals surface area contributed by atoms with Gasteiger partial charge in [-0.05, 0) is 73.5 Å². The van der Waals surface area contributed by atoms with Crippen LogP contribution in [-0.4, -0.2) is 93.1 Å². The summed E-state index contributed by atoms with van der Waals surface area (Å²) in [4.78, 5) is 70.0. The monoisotopic (exact) mass is 756 g/mol. The fourth-order valence-electron chi connectivity index (χ4n) is 6.42. The molecule has 4 amide bonds. The number of nitrogens with one attached hydrogen (secondary N) is 4. The summed E-state index contributed by atoms with van der Waals surface area (Å²) >= 11 is 0. The molecule has 4 heterocycles. The highest BCUT2D eigenvalue weighted by Gasteiger charge is 2.39. The third kappa shape index (κ3) is 9.49. The fraction of sp³-hybridized carbons (Fsp3) is 0.500. The number of amides is 4.